The number of esters is 1. The van der Waals surface area contributed by atoms with Crippen LogP contribution in [0.4, 0.5) is 5.69 Å². The number of methoxy groups -OCH3 is 1. The number of hydrogen-bond donors (Lipinski definition) is 0. The van der Waals surface area contributed by atoms with Crippen molar-refractivity contribution in [2.24, 2.45) is 11.8 Å². The minimum absolute atomic E-state index is 0.0428. The summed E-state index contributed by atoms with van der Waals surface area (Å²) in [6, 6.07) is 10.6. The minimum Gasteiger partial charge on any atom is -0.465 e. The molecule has 1 aliphatic heterocycles. The highest BCUT2D eigenvalue weighted by Gasteiger charge is 2.29. The van der Waals surface area contributed by atoms with Gasteiger partial charge in [-0.2, -0.15) is 5.10 Å². The second-order valence-corrected chi connectivity index (χ2v) is 11.6. The molecule has 2 heterocycles. The lowest BCUT2D eigenvalue weighted by Gasteiger charge is -2.27. The summed E-state index contributed by atoms with van der Waals surface area (Å²) in [4.78, 5) is 12.9. The van der Waals surface area contributed by atoms with Crippen molar-refractivity contribution in [3.05, 3.63) is 53.7 Å². The average Bonchev–Trinajstić information content (AvgIpc) is 3.29. The molecule has 194 valence electrons. The molecule has 8 nitrogen and oxygen atoms in total. The number of aromatic nitrogens is 2. The Morgan fingerprint density at radius 1 is 1.19 bits per heavy atom. The van der Waals surface area contributed by atoms with Gasteiger partial charge < -0.3 is 9.47 Å². The summed E-state index contributed by atoms with van der Waals surface area (Å²) in [5.74, 6) is -0.117. The van der Waals surface area contributed by atoms with E-state index < -0.39 is 16.0 Å². The van der Waals surface area contributed by atoms with Gasteiger partial charge in [0.2, 0.25) is 0 Å². The zero-order valence-corrected chi connectivity index (χ0v) is 22.3. The molecular weight excluding hydrogens is 478 g/mol. The lowest BCUT2D eigenvalue weighted by molar-refractivity contribution is 0.0590. The number of rotatable bonds is 9. The second kappa shape index (κ2) is 11.0. The van der Waals surface area contributed by atoms with Crippen LogP contribution >= 0.6 is 0 Å². The Kier molecular flexibility index (Phi) is 8.00. The number of fused-ring (bicyclic) bond motifs is 1. The van der Waals surface area contributed by atoms with E-state index in [1.807, 2.05) is 38.1 Å². The third-order valence-corrected chi connectivity index (χ3v) is 8.41. The zero-order valence-electron chi connectivity index (χ0n) is 21.4. The number of aryl methyl sites for hydroxylation is 1. The van der Waals surface area contributed by atoms with Crippen LogP contribution in [-0.2, 0) is 32.5 Å². The van der Waals surface area contributed by atoms with Gasteiger partial charge in [0.05, 0.1) is 35.0 Å². The van der Waals surface area contributed by atoms with E-state index in [0.717, 1.165) is 24.8 Å². The van der Waals surface area contributed by atoms with Crippen molar-refractivity contribution in [3.63, 3.8) is 0 Å². The Labute approximate surface area is 213 Å². The van der Waals surface area contributed by atoms with Crippen molar-refractivity contribution in [2.75, 3.05) is 31.2 Å². The van der Waals surface area contributed by atoms with E-state index in [1.165, 1.54) is 17.5 Å². The molecule has 1 saturated heterocycles. The largest absolute Gasteiger partial charge is 0.465 e. The van der Waals surface area contributed by atoms with Crippen molar-refractivity contribution in [2.45, 2.75) is 51.5 Å². The van der Waals surface area contributed by atoms with Crippen molar-refractivity contribution in [1.29, 1.82) is 0 Å². The summed E-state index contributed by atoms with van der Waals surface area (Å²) in [5, 5.41) is 5.11. The molecule has 0 unspecified atom stereocenters. The number of benzene rings is 2. The predicted molar refractivity (Wildman–Crippen MR) is 140 cm³/mol. The number of sulfonamides is 1. The molecule has 0 atom stereocenters. The van der Waals surface area contributed by atoms with Crippen LogP contribution in [0.1, 0.15) is 49.5 Å². The van der Waals surface area contributed by atoms with Crippen LogP contribution in [0.3, 0.4) is 0 Å². The number of ether oxygens (including phenoxy) is 2. The van der Waals surface area contributed by atoms with Crippen molar-refractivity contribution >= 4 is 32.6 Å². The molecule has 9 heteroatoms. The quantitative estimate of drug-likeness (QED) is 0.387. The lowest BCUT2D eigenvalue weighted by atomic mass is 10.0. The fourth-order valence-corrected chi connectivity index (χ4v) is 6.32. The van der Waals surface area contributed by atoms with Crippen LogP contribution in [0, 0.1) is 11.8 Å². The van der Waals surface area contributed by atoms with Crippen molar-refractivity contribution in [3.8, 4) is 0 Å². The molecule has 1 aliphatic rings. The standard InChI is InChI=1S/C27H35N3O5S/c1-5-20-6-8-23(9-7-20)30(17-19(2)3)36(32,33)24-14-22-16-28-29(18-21-10-12-35-13-11-21)26(22)25(15-24)27(31)34-4/h6-9,14-16,19,21H,5,10-13,17-18H2,1-4H3. The van der Waals surface area contributed by atoms with Gasteiger partial charge in [0.25, 0.3) is 10.0 Å². The molecule has 36 heavy (non-hydrogen) atoms. The highest BCUT2D eigenvalue weighted by atomic mass is 32.2. The van der Waals surface area contributed by atoms with Crippen LogP contribution < -0.4 is 4.31 Å². The Bertz CT molecular complexity index is 1310. The number of anilines is 1. The Morgan fingerprint density at radius 2 is 1.89 bits per heavy atom. The Morgan fingerprint density at radius 3 is 2.50 bits per heavy atom. The highest BCUT2D eigenvalue weighted by molar-refractivity contribution is 7.92. The molecule has 3 aromatic rings. The average molecular weight is 514 g/mol. The fraction of sp³-hybridized carbons (Fsp3) is 0.481. The molecular formula is C27H35N3O5S. The first-order valence-electron chi connectivity index (χ1n) is 12.5. The fourth-order valence-electron chi connectivity index (χ4n) is 4.63. The Hall–Kier alpha value is -2.91. The summed E-state index contributed by atoms with van der Waals surface area (Å²) >= 11 is 0. The lowest BCUT2D eigenvalue weighted by Crippen LogP contribution is -2.34. The maximum Gasteiger partial charge on any atom is 0.340 e. The van der Waals surface area contributed by atoms with E-state index in [4.69, 9.17) is 9.47 Å². The van der Waals surface area contributed by atoms with E-state index in [1.54, 1.807) is 16.9 Å². The summed E-state index contributed by atoms with van der Waals surface area (Å²) in [6.07, 6.45) is 4.34. The number of carbonyl (C=O) groups excluding carboxylic acids is 1. The molecule has 0 saturated carbocycles. The third kappa shape index (κ3) is 5.42. The first-order valence-corrected chi connectivity index (χ1v) is 14.0. The summed E-state index contributed by atoms with van der Waals surface area (Å²) in [5.41, 5.74) is 2.52. The zero-order chi connectivity index (χ0) is 25.9. The van der Waals surface area contributed by atoms with Gasteiger partial charge in [-0.3, -0.25) is 8.99 Å². The van der Waals surface area contributed by atoms with Gasteiger partial charge in [0, 0.05) is 31.7 Å². The molecule has 1 aromatic heterocycles. The van der Waals surface area contributed by atoms with Gasteiger partial charge in [-0.15, -0.1) is 0 Å². The van der Waals surface area contributed by atoms with Crippen LogP contribution in [-0.4, -0.2) is 51.0 Å². The van der Waals surface area contributed by atoms with Gasteiger partial charge in [0.1, 0.15) is 0 Å². The monoisotopic (exact) mass is 513 g/mol. The molecule has 0 aliphatic carbocycles. The highest BCUT2D eigenvalue weighted by Crippen LogP contribution is 2.31. The number of carbonyl (C=O) groups is 1. The topological polar surface area (TPSA) is 90.7 Å². The molecule has 0 bridgehead atoms. The maximum absolute atomic E-state index is 14.0. The van der Waals surface area contributed by atoms with E-state index in [2.05, 4.69) is 12.0 Å². The Balaban J connectivity index is 1.80. The van der Waals surface area contributed by atoms with E-state index >= 15 is 0 Å². The van der Waals surface area contributed by atoms with Gasteiger partial charge in [0.15, 0.2) is 0 Å². The summed E-state index contributed by atoms with van der Waals surface area (Å²) < 4.78 is 41.7. The molecule has 0 N–H and O–H groups in total. The summed E-state index contributed by atoms with van der Waals surface area (Å²) in [7, 11) is -2.67. The van der Waals surface area contributed by atoms with Gasteiger partial charge in [-0.1, -0.05) is 32.9 Å². The molecule has 0 spiro atoms. The SMILES string of the molecule is CCc1ccc(N(CC(C)C)S(=O)(=O)c2cc(C(=O)OC)c3c(cnn3CC3CCOCC3)c2)cc1. The van der Waals surface area contributed by atoms with Gasteiger partial charge in [-0.05, 0) is 60.9 Å². The van der Waals surface area contributed by atoms with Gasteiger partial charge >= 0.3 is 5.97 Å². The van der Waals surface area contributed by atoms with Crippen molar-refractivity contribution in [1.82, 2.24) is 9.78 Å². The molecule has 0 amide bonds. The second-order valence-electron chi connectivity index (χ2n) is 9.73. The normalized spacial score (nSPS) is 14.9. The van der Waals surface area contributed by atoms with Crippen LogP contribution in [0.2, 0.25) is 0 Å². The van der Waals surface area contributed by atoms with Crippen LogP contribution in [0.5, 0.6) is 0 Å². The van der Waals surface area contributed by atoms with Crippen LogP contribution in [0.25, 0.3) is 10.9 Å². The molecule has 2 aromatic carbocycles. The van der Waals surface area contributed by atoms with Crippen molar-refractivity contribution < 1.29 is 22.7 Å². The molecule has 0 radical (unpaired) electrons. The van der Waals surface area contributed by atoms with E-state index in [9.17, 15) is 13.2 Å². The van der Waals surface area contributed by atoms with E-state index in [-0.39, 0.29) is 16.4 Å². The maximum atomic E-state index is 14.0. The first-order chi connectivity index (χ1) is 17.2. The first kappa shape index (κ1) is 26.2. The summed E-state index contributed by atoms with van der Waals surface area (Å²) in [6.45, 7) is 8.37. The predicted octanol–water partition coefficient (Wildman–Crippen LogP) is 4.66. The van der Waals surface area contributed by atoms with Gasteiger partial charge in [-0.25, -0.2) is 13.2 Å². The minimum atomic E-state index is -3.97. The number of hydrogen-bond acceptors (Lipinski definition) is 6. The van der Waals surface area contributed by atoms with Crippen LogP contribution in [0.15, 0.2) is 47.5 Å². The number of nitrogens with zero attached hydrogens (tertiary/aromatic N) is 3. The smallest absolute Gasteiger partial charge is 0.340 e. The van der Waals surface area contributed by atoms with E-state index in [0.29, 0.717) is 48.8 Å². The molecule has 1 fully saturated rings. The third-order valence-electron chi connectivity index (χ3n) is 6.64. The molecule has 4 rings (SSSR count).